The van der Waals surface area contributed by atoms with Crippen LogP contribution in [0, 0.1) is 0 Å². The molecule has 1 aliphatic rings. The molecule has 0 saturated carbocycles. The standard InChI is InChI=1S/C17H21N5O3/c1-18-15(23)10-20-6-8-21(9-7-20)16(24)11-22-12-19-14-5-3-2-4-13(14)17(22)25/h2-5,12H,6-11H2,1H3,(H,18,23). The number of hydrogen-bond donors (Lipinski definition) is 1. The predicted molar refractivity (Wildman–Crippen MR) is 93.1 cm³/mol. The number of fused-ring (bicyclic) bond motifs is 1. The van der Waals surface area contributed by atoms with Crippen molar-refractivity contribution in [2.24, 2.45) is 0 Å². The molecule has 0 unspecified atom stereocenters. The predicted octanol–water partition coefficient (Wildman–Crippen LogP) is -0.713. The maximum atomic E-state index is 12.5. The van der Waals surface area contributed by atoms with Crippen LogP contribution in [0.1, 0.15) is 0 Å². The summed E-state index contributed by atoms with van der Waals surface area (Å²) in [5, 5.41) is 3.10. The number of para-hydroxylation sites is 1. The Balaban J connectivity index is 1.63. The number of likely N-dealkylation sites (N-methyl/N-ethyl adjacent to an activating group) is 1. The normalized spacial score (nSPS) is 15.3. The molecule has 2 heterocycles. The molecule has 8 nitrogen and oxygen atoms in total. The molecule has 1 aromatic carbocycles. The number of carbonyl (C=O) groups is 2. The minimum Gasteiger partial charge on any atom is -0.358 e. The summed E-state index contributed by atoms with van der Waals surface area (Å²) in [6.07, 6.45) is 1.42. The minimum absolute atomic E-state index is 0.0217. The van der Waals surface area contributed by atoms with Crippen LogP contribution in [0.15, 0.2) is 35.4 Å². The summed E-state index contributed by atoms with van der Waals surface area (Å²) in [6, 6.07) is 7.09. The summed E-state index contributed by atoms with van der Waals surface area (Å²) in [5.41, 5.74) is 0.413. The average Bonchev–Trinajstić information content (AvgIpc) is 2.64. The van der Waals surface area contributed by atoms with E-state index in [0.717, 1.165) is 0 Å². The maximum Gasteiger partial charge on any atom is 0.261 e. The van der Waals surface area contributed by atoms with Gasteiger partial charge in [-0.3, -0.25) is 23.9 Å². The number of aromatic nitrogens is 2. The van der Waals surface area contributed by atoms with Crippen molar-refractivity contribution in [1.29, 1.82) is 0 Å². The third-order valence-corrected chi connectivity index (χ3v) is 4.41. The summed E-state index contributed by atoms with van der Waals surface area (Å²) >= 11 is 0. The van der Waals surface area contributed by atoms with E-state index in [4.69, 9.17) is 0 Å². The van der Waals surface area contributed by atoms with Gasteiger partial charge in [-0.15, -0.1) is 0 Å². The summed E-state index contributed by atoms with van der Waals surface area (Å²) in [4.78, 5) is 44.3. The number of hydrogen-bond acceptors (Lipinski definition) is 5. The van der Waals surface area contributed by atoms with Gasteiger partial charge in [-0.1, -0.05) is 12.1 Å². The molecule has 0 aliphatic carbocycles. The van der Waals surface area contributed by atoms with Gasteiger partial charge in [0.1, 0.15) is 6.54 Å². The highest BCUT2D eigenvalue weighted by atomic mass is 16.2. The molecule has 132 valence electrons. The van der Waals surface area contributed by atoms with E-state index >= 15 is 0 Å². The Morgan fingerprint density at radius 2 is 1.84 bits per heavy atom. The lowest BCUT2D eigenvalue weighted by atomic mass is 10.2. The van der Waals surface area contributed by atoms with E-state index in [1.807, 2.05) is 11.0 Å². The van der Waals surface area contributed by atoms with Crippen LogP contribution in [-0.4, -0.2) is 70.9 Å². The van der Waals surface area contributed by atoms with Crippen LogP contribution < -0.4 is 10.9 Å². The molecule has 0 spiro atoms. The number of nitrogens with zero attached hydrogens (tertiary/aromatic N) is 4. The number of rotatable bonds is 4. The van der Waals surface area contributed by atoms with Crippen LogP contribution in [0.4, 0.5) is 0 Å². The molecule has 1 aromatic heterocycles. The Kier molecular flexibility index (Phi) is 5.08. The van der Waals surface area contributed by atoms with Gasteiger partial charge in [0, 0.05) is 33.2 Å². The van der Waals surface area contributed by atoms with E-state index in [1.165, 1.54) is 10.9 Å². The van der Waals surface area contributed by atoms with Gasteiger partial charge in [0.25, 0.3) is 5.56 Å². The molecule has 2 amide bonds. The fourth-order valence-electron chi connectivity index (χ4n) is 2.90. The zero-order valence-corrected chi connectivity index (χ0v) is 14.1. The lowest BCUT2D eigenvalue weighted by molar-refractivity contribution is -0.133. The second-order valence-electron chi connectivity index (χ2n) is 6.02. The van der Waals surface area contributed by atoms with Gasteiger partial charge < -0.3 is 10.2 Å². The van der Waals surface area contributed by atoms with Gasteiger partial charge in [0.2, 0.25) is 11.8 Å². The lowest BCUT2D eigenvalue weighted by Gasteiger charge is -2.34. The topological polar surface area (TPSA) is 87.5 Å². The van der Waals surface area contributed by atoms with Crippen molar-refractivity contribution in [3.8, 4) is 0 Å². The summed E-state index contributed by atoms with van der Waals surface area (Å²) < 4.78 is 1.35. The number of carbonyl (C=O) groups excluding carboxylic acids is 2. The third kappa shape index (κ3) is 3.85. The molecule has 0 bridgehead atoms. The van der Waals surface area contributed by atoms with E-state index in [0.29, 0.717) is 43.6 Å². The molecule has 3 rings (SSSR count). The number of benzene rings is 1. The number of amides is 2. The molecule has 0 atom stereocenters. The van der Waals surface area contributed by atoms with Crippen molar-refractivity contribution < 1.29 is 9.59 Å². The van der Waals surface area contributed by atoms with Crippen LogP contribution in [0.5, 0.6) is 0 Å². The Morgan fingerprint density at radius 1 is 1.12 bits per heavy atom. The summed E-state index contributed by atoms with van der Waals surface area (Å²) in [6.45, 7) is 2.70. The largest absolute Gasteiger partial charge is 0.358 e. The molecule has 1 saturated heterocycles. The second-order valence-corrected chi connectivity index (χ2v) is 6.02. The van der Waals surface area contributed by atoms with E-state index < -0.39 is 0 Å². The molecule has 1 aliphatic heterocycles. The van der Waals surface area contributed by atoms with Gasteiger partial charge in [-0.25, -0.2) is 4.98 Å². The smallest absolute Gasteiger partial charge is 0.261 e. The molecule has 1 N–H and O–H groups in total. The first-order chi connectivity index (χ1) is 12.1. The quantitative estimate of drug-likeness (QED) is 0.792. The zero-order chi connectivity index (χ0) is 17.8. The Labute approximate surface area is 145 Å². The highest BCUT2D eigenvalue weighted by molar-refractivity contribution is 5.79. The molecule has 1 fully saturated rings. The molecule has 2 aromatic rings. The fourth-order valence-corrected chi connectivity index (χ4v) is 2.90. The summed E-state index contributed by atoms with van der Waals surface area (Å²) in [7, 11) is 1.61. The molecule has 8 heteroatoms. The molecule has 0 radical (unpaired) electrons. The number of piperazine rings is 1. The van der Waals surface area contributed by atoms with Crippen molar-refractivity contribution in [2.75, 3.05) is 39.8 Å². The SMILES string of the molecule is CNC(=O)CN1CCN(C(=O)Cn2cnc3ccccc3c2=O)CC1. The van der Waals surface area contributed by atoms with Crippen LogP contribution >= 0.6 is 0 Å². The van der Waals surface area contributed by atoms with Crippen LogP contribution in [-0.2, 0) is 16.1 Å². The average molecular weight is 343 g/mol. The summed E-state index contributed by atoms with van der Waals surface area (Å²) in [5.74, 6) is -0.146. The van der Waals surface area contributed by atoms with E-state index in [2.05, 4.69) is 10.3 Å². The fraction of sp³-hybridized carbons (Fsp3) is 0.412. The monoisotopic (exact) mass is 343 g/mol. The van der Waals surface area contributed by atoms with Crippen molar-refractivity contribution >= 4 is 22.7 Å². The third-order valence-electron chi connectivity index (χ3n) is 4.41. The van der Waals surface area contributed by atoms with Gasteiger partial charge in [-0.05, 0) is 12.1 Å². The van der Waals surface area contributed by atoms with Crippen molar-refractivity contribution in [3.05, 3.63) is 40.9 Å². The van der Waals surface area contributed by atoms with E-state index in [9.17, 15) is 14.4 Å². The zero-order valence-electron chi connectivity index (χ0n) is 14.1. The molecule has 25 heavy (non-hydrogen) atoms. The highest BCUT2D eigenvalue weighted by Crippen LogP contribution is 2.06. The maximum absolute atomic E-state index is 12.5. The molecular weight excluding hydrogens is 322 g/mol. The van der Waals surface area contributed by atoms with E-state index in [-0.39, 0.29) is 23.9 Å². The highest BCUT2D eigenvalue weighted by Gasteiger charge is 2.22. The Bertz CT molecular complexity index is 840. The van der Waals surface area contributed by atoms with Crippen molar-refractivity contribution in [1.82, 2.24) is 24.7 Å². The first-order valence-electron chi connectivity index (χ1n) is 8.23. The Morgan fingerprint density at radius 3 is 2.56 bits per heavy atom. The van der Waals surface area contributed by atoms with Gasteiger partial charge in [0.15, 0.2) is 0 Å². The minimum atomic E-state index is -0.211. The van der Waals surface area contributed by atoms with Crippen LogP contribution in [0.25, 0.3) is 10.9 Å². The first-order valence-corrected chi connectivity index (χ1v) is 8.23. The lowest BCUT2D eigenvalue weighted by Crippen LogP contribution is -2.51. The van der Waals surface area contributed by atoms with Gasteiger partial charge in [0.05, 0.1) is 23.8 Å². The van der Waals surface area contributed by atoms with Crippen molar-refractivity contribution in [3.63, 3.8) is 0 Å². The second kappa shape index (κ2) is 7.43. The first kappa shape index (κ1) is 17.1. The van der Waals surface area contributed by atoms with Crippen LogP contribution in [0.2, 0.25) is 0 Å². The van der Waals surface area contributed by atoms with Crippen LogP contribution in [0.3, 0.4) is 0 Å². The molecular formula is C17H21N5O3. The van der Waals surface area contributed by atoms with E-state index in [1.54, 1.807) is 30.1 Å². The van der Waals surface area contributed by atoms with Crippen molar-refractivity contribution in [2.45, 2.75) is 6.54 Å². The number of nitrogens with one attached hydrogen (secondary N) is 1. The Hall–Kier alpha value is -2.74. The van der Waals surface area contributed by atoms with Gasteiger partial charge >= 0.3 is 0 Å². The van der Waals surface area contributed by atoms with Gasteiger partial charge in [-0.2, -0.15) is 0 Å².